The van der Waals surface area contributed by atoms with Gasteiger partial charge in [0, 0.05) is 17.5 Å². The van der Waals surface area contributed by atoms with Crippen LogP contribution in [-0.2, 0) is 11.2 Å². The first-order valence-corrected chi connectivity index (χ1v) is 7.89. The van der Waals surface area contributed by atoms with Crippen molar-refractivity contribution in [1.29, 1.82) is 0 Å². The minimum Gasteiger partial charge on any atom is -0.487 e. The SMILES string of the molecule is CC(C)Oc1cccc2c(CCNC(=O)OC(C)(C)C)coc12. The summed E-state index contributed by atoms with van der Waals surface area (Å²) in [4.78, 5) is 11.6. The summed E-state index contributed by atoms with van der Waals surface area (Å²) in [6, 6.07) is 5.84. The normalized spacial score (nSPS) is 11.7. The van der Waals surface area contributed by atoms with Gasteiger partial charge in [-0.15, -0.1) is 0 Å². The van der Waals surface area contributed by atoms with E-state index >= 15 is 0 Å². The fraction of sp³-hybridized carbons (Fsp3) is 0.500. The lowest BCUT2D eigenvalue weighted by atomic mass is 10.1. The molecule has 2 aromatic rings. The first kappa shape index (κ1) is 17.2. The van der Waals surface area contributed by atoms with Crippen LogP contribution in [0.1, 0.15) is 40.2 Å². The zero-order valence-electron chi connectivity index (χ0n) is 14.4. The molecule has 126 valence electrons. The predicted octanol–water partition coefficient (Wildman–Crippen LogP) is 4.29. The Kier molecular flexibility index (Phi) is 5.19. The van der Waals surface area contributed by atoms with Crippen LogP contribution in [-0.4, -0.2) is 24.3 Å². The topological polar surface area (TPSA) is 60.7 Å². The van der Waals surface area contributed by atoms with Gasteiger partial charge in [-0.1, -0.05) is 12.1 Å². The van der Waals surface area contributed by atoms with E-state index in [4.69, 9.17) is 13.9 Å². The van der Waals surface area contributed by atoms with Gasteiger partial charge in [-0.3, -0.25) is 0 Å². The molecule has 23 heavy (non-hydrogen) atoms. The number of carbonyl (C=O) groups excluding carboxylic acids is 1. The molecule has 0 spiro atoms. The molecule has 5 heteroatoms. The van der Waals surface area contributed by atoms with Gasteiger partial charge in [0.05, 0.1) is 12.4 Å². The van der Waals surface area contributed by atoms with Gasteiger partial charge in [-0.25, -0.2) is 4.79 Å². The van der Waals surface area contributed by atoms with Crippen molar-refractivity contribution in [3.63, 3.8) is 0 Å². The number of furan rings is 1. The molecule has 2 rings (SSSR count). The monoisotopic (exact) mass is 319 g/mol. The average molecular weight is 319 g/mol. The Morgan fingerprint density at radius 3 is 2.70 bits per heavy atom. The van der Waals surface area contributed by atoms with E-state index in [1.807, 2.05) is 52.8 Å². The van der Waals surface area contributed by atoms with Crippen LogP contribution in [0, 0.1) is 0 Å². The first-order valence-electron chi connectivity index (χ1n) is 7.89. The van der Waals surface area contributed by atoms with E-state index in [2.05, 4.69) is 5.32 Å². The standard InChI is InChI=1S/C18H25NO4/c1-12(2)22-15-8-6-7-14-13(11-21-16(14)15)9-10-19-17(20)23-18(3,4)5/h6-8,11-12H,9-10H2,1-5H3,(H,19,20). The van der Waals surface area contributed by atoms with Crippen LogP contribution in [0.15, 0.2) is 28.9 Å². The highest BCUT2D eigenvalue weighted by Gasteiger charge is 2.16. The number of alkyl carbamates (subject to hydrolysis) is 1. The minimum absolute atomic E-state index is 0.0861. The molecular formula is C18H25NO4. The second-order valence-corrected chi connectivity index (χ2v) is 6.74. The van der Waals surface area contributed by atoms with E-state index in [0.29, 0.717) is 13.0 Å². The number of benzene rings is 1. The van der Waals surface area contributed by atoms with Gasteiger partial charge in [-0.05, 0) is 47.1 Å². The molecule has 0 aliphatic carbocycles. The first-order chi connectivity index (χ1) is 10.8. The summed E-state index contributed by atoms with van der Waals surface area (Å²) in [6.07, 6.45) is 2.06. The second kappa shape index (κ2) is 6.94. The van der Waals surface area contributed by atoms with Gasteiger partial charge in [0.2, 0.25) is 0 Å². The highest BCUT2D eigenvalue weighted by atomic mass is 16.6. The molecule has 1 aromatic heterocycles. The fourth-order valence-electron chi connectivity index (χ4n) is 2.24. The van der Waals surface area contributed by atoms with E-state index in [-0.39, 0.29) is 6.10 Å². The van der Waals surface area contributed by atoms with Crippen LogP contribution in [0.25, 0.3) is 11.0 Å². The summed E-state index contributed by atoms with van der Waals surface area (Å²) in [7, 11) is 0. The average Bonchev–Trinajstić information content (AvgIpc) is 2.80. The molecule has 1 N–H and O–H groups in total. The summed E-state index contributed by atoms with van der Waals surface area (Å²) >= 11 is 0. The Labute approximate surface area is 136 Å². The van der Waals surface area contributed by atoms with Gasteiger partial charge in [-0.2, -0.15) is 0 Å². The van der Waals surface area contributed by atoms with Crippen molar-refractivity contribution in [3.8, 4) is 5.75 Å². The van der Waals surface area contributed by atoms with Crippen LogP contribution < -0.4 is 10.1 Å². The third-order valence-electron chi connectivity index (χ3n) is 3.07. The number of rotatable bonds is 5. The lowest BCUT2D eigenvalue weighted by Crippen LogP contribution is -2.33. The Morgan fingerprint density at radius 2 is 2.04 bits per heavy atom. The number of hydrogen-bond acceptors (Lipinski definition) is 4. The third-order valence-corrected chi connectivity index (χ3v) is 3.07. The highest BCUT2D eigenvalue weighted by Crippen LogP contribution is 2.30. The number of carbonyl (C=O) groups is 1. The quantitative estimate of drug-likeness (QED) is 0.893. The lowest BCUT2D eigenvalue weighted by molar-refractivity contribution is 0.0528. The fourth-order valence-corrected chi connectivity index (χ4v) is 2.24. The molecule has 0 bridgehead atoms. The van der Waals surface area contributed by atoms with E-state index < -0.39 is 11.7 Å². The number of ether oxygens (including phenoxy) is 2. The van der Waals surface area contributed by atoms with Crippen LogP contribution in [0.5, 0.6) is 5.75 Å². The Bertz CT molecular complexity index is 667. The Balaban J connectivity index is 2.00. The molecule has 0 saturated carbocycles. The molecule has 1 aromatic carbocycles. The van der Waals surface area contributed by atoms with Crippen LogP contribution in [0.3, 0.4) is 0 Å². The summed E-state index contributed by atoms with van der Waals surface area (Å²) in [5.41, 5.74) is 1.29. The van der Waals surface area contributed by atoms with Gasteiger partial charge >= 0.3 is 6.09 Å². The molecule has 0 unspecified atom stereocenters. The van der Waals surface area contributed by atoms with E-state index in [1.165, 1.54) is 0 Å². The maximum Gasteiger partial charge on any atom is 0.407 e. The largest absolute Gasteiger partial charge is 0.487 e. The second-order valence-electron chi connectivity index (χ2n) is 6.74. The Hall–Kier alpha value is -2.17. The van der Waals surface area contributed by atoms with Crippen LogP contribution in [0.2, 0.25) is 0 Å². The number of nitrogens with one attached hydrogen (secondary N) is 1. The smallest absolute Gasteiger partial charge is 0.407 e. The van der Waals surface area contributed by atoms with Crippen molar-refractivity contribution in [2.24, 2.45) is 0 Å². The molecule has 0 saturated heterocycles. The molecule has 1 heterocycles. The van der Waals surface area contributed by atoms with Crippen molar-refractivity contribution in [3.05, 3.63) is 30.0 Å². The zero-order valence-corrected chi connectivity index (χ0v) is 14.4. The molecular weight excluding hydrogens is 294 g/mol. The maximum atomic E-state index is 11.6. The minimum atomic E-state index is -0.491. The van der Waals surface area contributed by atoms with Crippen LogP contribution >= 0.6 is 0 Å². The van der Waals surface area contributed by atoms with Gasteiger partial charge in [0.1, 0.15) is 5.60 Å². The number of amides is 1. The Morgan fingerprint density at radius 1 is 1.30 bits per heavy atom. The summed E-state index contributed by atoms with van der Waals surface area (Å²) in [6.45, 7) is 9.96. The van der Waals surface area contributed by atoms with Crippen molar-refractivity contribution in [2.75, 3.05) is 6.54 Å². The van der Waals surface area contributed by atoms with Crippen LogP contribution in [0.4, 0.5) is 4.79 Å². The van der Waals surface area contributed by atoms with E-state index in [9.17, 15) is 4.79 Å². The summed E-state index contributed by atoms with van der Waals surface area (Å²) in [5, 5.41) is 3.76. The molecule has 0 radical (unpaired) electrons. The number of para-hydroxylation sites is 1. The zero-order chi connectivity index (χ0) is 17.0. The summed E-state index contributed by atoms with van der Waals surface area (Å²) < 4.78 is 16.6. The molecule has 0 aliphatic rings. The number of fused-ring (bicyclic) bond motifs is 1. The predicted molar refractivity (Wildman–Crippen MR) is 89.9 cm³/mol. The molecule has 0 aliphatic heterocycles. The van der Waals surface area contributed by atoms with Crippen molar-refractivity contribution in [1.82, 2.24) is 5.32 Å². The van der Waals surface area contributed by atoms with E-state index in [0.717, 1.165) is 22.3 Å². The van der Waals surface area contributed by atoms with Crippen molar-refractivity contribution < 1.29 is 18.7 Å². The van der Waals surface area contributed by atoms with Gasteiger partial charge < -0.3 is 19.2 Å². The molecule has 5 nitrogen and oxygen atoms in total. The number of hydrogen-bond donors (Lipinski definition) is 1. The molecule has 1 amide bonds. The van der Waals surface area contributed by atoms with Gasteiger partial charge in [0.25, 0.3) is 0 Å². The molecule has 0 fully saturated rings. The lowest BCUT2D eigenvalue weighted by Gasteiger charge is -2.19. The summed E-state index contributed by atoms with van der Waals surface area (Å²) in [5.74, 6) is 0.740. The van der Waals surface area contributed by atoms with Crippen molar-refractivity contribution in [2.45, 2.75) is 52.7 Å². The van der Waals surface area contributed by atoms with E-state index in [1.54, 1.807) is 6.26 Å². The highest BCUT2D eigenvalue weighted by molar-refractivity contribution is 5.86. The maximum absolute atomic E-state index is 11.6. The molecule has 0 atom stereocenters. The third kappa shape index (κ3) is 4.91. The van der Waals surface area contributed by atoms with Crippen molar-refractivity contribution >= 4 is 17.1 Å². The van der Waals surface area contributed by atoms with Gasteiger partial charge in [0.15, 0.2) is 11.3 Å².